The Kier molecular flexibility index (Phi) is 8.52. The first-order chi connectivity index (χ1) is 15.6. The van der Waals surface area contributed by atoms with Gasteiger partial charge in [0.1, 0.15) is 0 Å². The van der Waals surface area contributed by atoms with E-state index >= 15 is 0 Å². The van der Waals surface area contributed by atoms with Gasteiger partial charge in [0, 0.05) is 17.8 Å². The van der Waals surface area contributed by atoms with Crippen molar-refractivity contribution in [2.24, 2.45) is 0 Å². The van der Waals surface area contributed by atoms with Gasteiger partial charge >= 0.3 is 0 Å². The van der Waals surface area contributed by atoms with Crippen molar-refractivity contribution in [1.29, 1.82) is 0 Å². The lowest BCUT2D eigenvalue weighted by Crippen LogP contribution is -2.37. The molecule has 3 rings (SSSR count). The van der Waals surface area contributed by atoms with Crippen molar-refractivity contribution in [3.05, 3.63) is 102 Å². The number of amides is 2. The molecule has 3 N–H and O–H groups in total. The molecule has 164 valence electrons. The summed E-state index contributed by atoms with van der Waals surface area (Å²) in [5, 5.41) is 8.90. The second kappa shape index (κ2) is 11.8. The Morgan fingerprint density at radius 2 is 1.41 bits per heavy atom. The summed E-state index contributed by atoms with van der Waals surface area (Å²) in [5.41, 5.74) is 3.04. The van der Waals surface area contributed by atoms with Gasteiger partial charge in [-0.15, -0.1) is 0 Å². The Labute approximate surface area is 194 Å². The molecule has 0 radical (unpaired) electrons. The number of thiocarbonyl (C=S) groups is 1. The maximum Gasteiger partial charge on any atom is 0.251 e. The Bertz CT molecular complexity index is 998. The average molecular weight is 446 g/mol. The molecule has 6 heteroatoms. The lowest BCUT2D eigenvalue weighted by molar-refractivity contribution is -0.120. The SMILES string of the molecule is CCCCNC(=O)c1ccc(NC(=S)NC(=O)C(c2ccccc2)c2ccccc2)cc1. The third-order valence-electron chi connectivity index (χ3n) is 4.99. The molecule has 0 saturated carbocycles. The van der Waals surface area contributed by atoms with Gasteiger partial charge in [-0.2, -0.15) is 0 Å². The fourth-order valence-electron chi connectivity index (χ4n) is 3.32. The third kappa shape index (κ3) is 6.49. The number of hydrogen-bond acceptors (Lipinski definition) is 3. The van der Waals surface area contributed by atoms with Crippen LogP contribution >= 0.6 is 12.2 Å². The Morgan fingerprint density at radius 1 is 0.844 bits per heavy atom. The molecule has 3 aromatic carbocycles. The first-order valence-corrected chi connectivity index (χ1v) is 11.1. The number of anilines is 1. The van der Waals surface area contributed by atoms with Crippen LogP contribution in [0.3, 0.4) is 0 Å². The van der Waals surface area contributed by atoms with Gasteiger partial charge in [0.25, 0.3) is 5.91 Å². The standard InChI is InChI=1S/C26H27N3O2S/c1-2-3-18-27-24(30)21-14-16-22(17-15-21)28-26(32)29-25(31)23(19-10-6-4-7-11-19)20-12-8-5-9-13-20/h4-17,23H,2-3,18H2,1H3,(H,27,30)(H2,28,29,31,32). The van der Waals surface area contributed by atoms with E-state index in [9.17, 15) is 9.59 Å². The monoisotopic (exact) mass is 445 g/mol. The van der Waals surface area contributed by atoms with E-state index in [0.29, 0.717) is 17.8 Å². The predicted octanol–water partition coefficient (Wildman–Crippen LogP) is 4.86. The summed E-state index contributed by atoms with van der Waals surface area (Å²) in [6, 6.07) is 26.2. The normalized spacial score (nSPS) is 10.4. The molecule has 2 amide bonds. The van der Waals surface area contributed by atoms with E-state index in [2.05, 4.69) is 22.9 Å². The lowest BCUT2D eigenvalue weighted by Gasteiger charge is -2.18. The van der Waals surface area contributed by atoms with E-state index in [1.165, 1.54) is 0 Å². The zero-order valence-corrected chi connectivity index (χ0v) is 18.8. The number of unbranched alkanes of at least 4 members (excludes halogenated alkanes) is 1. The molecule has 3 aromatic rings. The lowest BCUT2D eigenvalue weighted by atomic mass is 9.90. The van der Waals surface area contributed by atoms with Crippen molar-refractivity contribution in [2.45, 2.75) is 25.7 Å². The highest BCUT2D eigenvalue weighted by Crippen LogP contribution is 2.24. The van der Waals surface area contributed by atoms with E-state index in [4.69, 9.17) is 12.2 Å². The van der Waals surface area contributed by atoms with Gasteiger partial charge in [-0.25, -0.2) is 0 Å². The highest BCUT2D eigenvalue weighted by atomic mass is 32.1. The molecule has 5 nitrogen and oxygen atoms in total. The average Bonchev–Trinajstić information content (AvgIpc) is 2.81. The second-order valence-electron chi connectivity index (χ2n) is 7.38. The summed E-state index contributed by atoms with van der Waals surface area (Å²) in [6.45, 7) is 2.74. The van der Waals surface area contributed by atoms with Crippen LogP contribution in [-0.4, -0.2) is 23.5 Å². The molecule has 0 heterocycles. The van der Waals surface area contributed by atoms with Gasteiger partial charge in [0.2, 0.25) is 5.91 Å². The molecule has 0 spiro atoms. The minimum absolute atomic E-state index is 0.102. The summed E-state index contributed by atoms with van der Waals surface area (Å²) >= 11 is 5.36. The van der Waals surface area contributed by atoms with E-state index < -0.39 is 5.92 Å². The van der Waals surface area contributed by atoms with Crippen LogP contribution in [-0.2, 0) is 4.79 Å². The number of carbonyl (C=O) groups excluding carboxylic acids is 2. The molecular weight excluding hydrogens is 418 g/mol. The van der Waals surface area contributed by atoms with Crippen molar-refractivity contribution >= 4 is 34.8 Å². The van der Waals surface area contributed by atoms with Gasteiger partial charge in [-0.05, 0) is 54.0 Å². The van der Waals surface area contributed by atoms with Gasteiger partial charge in [-0.1, -0.05) is 74.0 Å². The largest absolute Gasteiger partial charge is 0.352 e. The topological polar surface area (TPSA) is 70.2 Å². The van der Waals surface area contributed by atoms with Crippen molar-refractivity contribution in [3.8, 4) is 0 Å². The molecule has 0 aliphatic rings. The number of hydrogen-bond donors (Lipinski definition) is 3. The van der Waals surface area contributed by atoms with Crippen LogP contribution in [0.5, 0.6) is 0 Å². The van der Waals surface area contributed by atoms with Crippen molar-refractivity contribution in [2.75, 3.05) is 11.9 Å². The van der Waals surface area contributed by atoms with Crippen LogP contribution in [0.15, 0.2) is 84.9 Å². The Hall–Kier alpha value is -3.51. The number of carbonyl (C=O) groups is 2. The predicted molar refractivity (Wildman–Crippen MR) is 133 cm³/mol. The minimum atomic E-state index is -0.480. The van der Waals surface area contributed by atoms with Crippen LogP contribution in [0.25, 0.3) is 0 Å². The van der Waals surface area contributed by atoms with E-state index in [1.54, 1.807) is 24.3 Å². The Morgan fingerprint density at radius 3 is 1.94 bits per heavy atom. The Balaban J connectivity index is 1.64. The first kappa shape index (κ1) is 23.2. The number of nitrogens with one attached hydrogen (secondary N) is 3. The van der Waals surface area contributed by atoms with Crippen molar-refractivity contribution < 1.29 is 9.59 Å². The van der Waals surface area contributed by atoms with Crippen LogP contribution in [0.1, 0.15) is 47.2 Å². The van der Waals surface area contributed by atoms with Crippen LogP contribution in [0.4, 0.5) is 5.69 Å². The highest BCUT2D eigenvalue weighted by molar-refractivity contribution is 7.80. The third-order valence-corrected chi connectivity index (χ3v) is 5.19. The quantitative estimate of drug-likeness (QED) is 0.342. The van der Waals surface area contributed by atoms with Gasteiger partial charge < -0.3 is 16.0 Å². The summed E-state index contributed by atoms with van der Waals surface area (Å²) in [5.74, 6) is -0.799. The zero-order valence-electron chi connectivity index (χ0n) is 18.0. The number of rotatable bonds is 8. The molecule has 0 aliphatic heterocycles. The van der Waals surface area contributed by atoms with E-state index in [0.717, 1.165) is 24.0 Å². The fourth-order valence-corrected chi connectivity index (χ4v) is 3.54. The second-order valence-corrected chi connectivity index (χ2v) is 7.79. The maximum absolute atomic E-state index is 13.1. The fraction of sp³-hybridized carbons (Fsp3) is 0.192. The van der Waals surface area contributed by atoms with Crippen molar-refractivity contribution in [1.82, 2.24) is 10.6 Å². The summed E-state index contributed by atoms with van der Waals surface area (Å²) in [4.78, 5) is 25.3. The molecule has 32 heavy (non-hydrogen) atoms. The van der Waals surface area contributed by atoms with Gasteiger partial charge in [0.05, 0.1) is 5.92 Å². The smallest absolute Gasteiger partial charge is 0.251 e. The minimum Gasteiger partial charge on any atom is -0.352 e. The van der Waals surface area contributed by atoms with Crippen LogP contribution in [0.2, 0.25) is 0 Å². The van der Waals surface area contributed by atoms with Crippen molar-refractivity contribution in [3.63, 3.8) is 0 Å². The molecule has 0 unspecified atom stereocenters. The number of benzene rings is 3. The molecule has 0 fully saturated rings. The van der Waals surface area contributed by atoms with Gasteiger partial charge in [0.15, 0.2) is 5.11 Å². The van der Waals surface area contributed by atoms with Crippen LogP contribution < -0.4 is 16.0 Å². The molecule has 0 bridgehead atoms. The molecular formula is C26H27N3O2S. The summed E-state index contributed by atoms with van der Waals surface area (Å²) in [7, 11) is 0. The first-order valence-electron chi connectivity index (χ1n) is 10.7. The zero-order chi connectivity index (χ0) is 22.8. The summed E-state index contributed by atoms with van der Waals surface area (Å²) in [6.07, 6.45) is 1.98. The van der Waals surface area contributed by atoms with Gasteiger partial charge in [-0.3, -0.25) is 9.59 Å². The van der Waals surface area contributed by atoms with E-state index in [1.807, 2.05) is 60.7 Å². The maximum atomic E-state index is 13.1. The van der Waals surface area contributed by atoms with E-state index in [-0.39, 0.29) is 16.9 Å². The molecule has 0 saturated heterocycles. The molecule has 0 aromatic heterocycles. The van der Waals surface area contributed by atoms with Crippen LogP contribution in [0, 0.1) is 0 Å². The summed E-state index contributed by atoms with van der Waals surface area (Å²) < 4.78 is 0. The highest BCUT2D eigenvalue weighted by Gasteiger charge is 2.23. The molecule has 0 atom stereocenters. The molecule has 0 aliphatic carbocycles.